The molecule has 0 bridgehead atoms. The van der Waals surface area contributed by atoms with Gasteiger partial charge in [0.2, 0.25) is 5.91 Å². The number of hydrogen-bond acceptors (Lipinski definition) is 4. The van der Waals surface area contributed by atoms with Crippen LogP contribution in [0.15, 0.2) is 12.4 Å². The van der Waals surface area contributed by atoms with Crippen LogP contribution in [0.2, 0.25) is 0 Å². The normalized spacial score (nSPS) is 22.5. The van der Waals surface area contributed by atoms with Gasteiger partial charge in [-0.05, 0) is 0 Å². The van der Waals surface area contributed by atoms with Crippen molar-refractivity contribution in [2.45, 2.75) is 24.9 Å². The Labute approximate surface area is 164 Å². The van der Waals surface area contributed by atoms with E-state index in [-0.39, 0.29) is 49.5 Å². The molecule has 0 radical (unpaired) electrons. The lowest BCUT2D eigenvalue weighted by Gasteiger charge is -2.35. The Kier molecular flexibility index (Phi) is 9.61. The number of aromatic nitrogens is 2. The number of amides is 1. The number of nitrogens with one attached hydrogen (secondary N) is 1. The van der Waals surface area contributed by atoms with E-state index in [0.29, 0.717) is 13.1 Å². The van der Waals surface area contributed by atoms with Gasteiger partial charge in [0.15, 0.2) is 0 Å². The van der Waals surface area contributed by atoms with Crippen LogP contribution >= 0.6 is 37.2 Å². The molecule has 2 aliphatic rings. The minimum Gasteiger partial charge on any atom is -0.339 e. The molecule has 3 rings (SSSR count). The summed E-state index contributed by atoms with van der Waals surface area (Å²) in [7, 11) is 1.88. The summed E-state index contributed by atoms with van der Waals surface area (Å²) in [6.45, 7) is 3.08. The van der Waals surface area contributed by atoms with E-state index in [2.05, 4.69) is 15.3 Å². The number of carbonyl (C=O) groups is 1. The second-order valence-corrected chi connectivity index (χ2v) is 6.12. The number of alkyl halides is 2. The fourth-order valence-corrected chi connectivity index (χ4v) is 3.05. The van der Waals surface area contributed by atoms with Crippen molar-refractivity contribution in [3.8, 4) is 0 Å². The van der Waals surface area contributed by atoms with Crippen molar-refractivity contribution in [1.82, 2.24) is 24.9 Å². The number of rotatable bonds is 3. The molecule has 2 fully saturated rings. The van der Waals surface area contributed by atoms with Crippen LogP contribution in [0.1, 0.15) is 12.0 Å². The second kappa shape index (κ2) is 9.87. The van der Waals surface area contributed by atoms with Gasteiger partial charge in [-0.2, -0.15) is 5.10 Å². The van der Waals surface area contributed by atoms with Gasteiger partial charge in [0, 0.05) is 58.0 Å². The van der Waals surface area contributed by atoms with E-state index in [0.717, 1.165) is 25.2 Å². The molecule has 6 nitrogen and oxygen atoms in total. The Bertz CT molecular complexity index is 552. The summed E-state index contributed by atoms with van der Waals surface area (Å²) in [5, 5.41) is 6.77. The third-order valence-electron chi connectivity index (χ3n) is 4.26. The molecule has 0 spiro atoms. The van der Waals surface area contributed by atoms with Crippen LogP contribution in [0, 0.1) is 0 Å². The molecule has 2 aliphatic heterocycles. The molecule has 1 amide bonds. The van der Waals surface area contributed by atoms with Gasteiger partial charge in [-0.1, -0.05) is 0 Å². The quantitative estimate of drug-likeness (QED) is 0.798. The molecule has 1 N–H and O–H groups in total. The van der Waals surface area contributed by atoms with E-state index in [1.165, 1.54) is 0 Å². The van der Waals surface area contributed by atoms with Crippen molar-refractivity contribution >= 4 is 43.1 Å². The summed E-state index contributed by atoms with van der Waals surface area (Å²) in [6, 6.07) is -0.736. The highest BCUT2D eigenvalue weighted by Gasteiger charge is 2.43. The highest BCUT2D eigenvalue weighted by atomic mass is 35.5. The van der Waals surface area contributed by atoms with Gasteiger partial charge in [-0.15, -0.1) is 37.2 Å². The first kappa shape index (κ1) is 24.3. The summed E-state index contributed by atoms with van der Waals surface area (Å²) in [5.41, 5.74) is 1.14. The first-order valence-electron chi connectivity index (χ1n) is 7.53. The summed E-state index contributed by atoms with van der Waals surface area (Å²) in [6.07, 6.45) is 3.42. The first-order valence-corrected chi connectivity index (χ1v) is 7.53. The van der Waals surface area contributed by atoms with Crippen LogP contribution < -0.4 is 5.32 Å². The number of carbonyl (C=O) groups excluding carboxylic acids is 1. The molecule has 1 unspecified atom stereocenters. The van der Waals surface area contributed by atoms with Gasteiger partial charge in [0.05, 0.1) is 18.8 Å². The average molecular weight is 423 g/mol. The molecular weight excluding hydrogens is 399 g/mol. The molecule has 3 heterocycles. The van der Waals surface area contributed by atoms with Gasteiger partial charge in [0.1, 0.15) is 0 Å². The van der Waals surface area contributed by atoms with Gasteiger partial charge in [-0.25, -0.2) is 8.78 Å². The summed E-state index contributed by atoms with van der Waals surface area (Å²) in [4.78, 5) is 16.2. The third kappa shape index (κ3) is 6.21. The summed E-state index contributed by atoms with van der Waals surface area (Å²) in [5.74, 6) is -2.96. The minimum atomic E-state index is -2.76. The predicted octanol–water partition coefficient (Wildman–Crippen LogP) is 1.33. The van der Waals surface area contributed by atoms with Gasteiger partial charge in [-0.3, -0.25) is 19.7 Å². The Morgan fingerprint density at radius 3 is 2.40 bits per heavy atom. The van der Waals surface area contributed by atoms with Gasteiger partial charge < -0.3 is 4.90 Å². The monoisotopic (exact) mass is 421 g/mol. The van der Waals surface area contributed by atoms with Crippen molar-refractivity contribution in [2.75, 3.05) is 32.7 Å². The molecule has 146 valence electrons. The van der Waals surface area contributed by atoms with E-state index in [1.807, 2.05) is 19.4 Å². The first-order chi connectivity index (χ1) is 10.4. The smallest absolute Gasteiger partial charge is 0.262 e. The average Bonchev–Trinajstić information content (AvgIpc) is 3.04. The SMILES string of the molecule is Cl.Cl.Cl.Cn1cc(CN2CCN(C(=O)C3CC(F)(F)CN3)CC2)cn1. The molecule has 0 saturated carbocycles. The number of halogens is 5. The fourth-order valence-electron chi connectivity index (χ4n) is 3.05. The predicted molar refractivity (Wildman–Crippen MR) is 98.2 cm³/mol. The van der Waals surface area contributed by atoms with Crippen molar-refractivity contribution in [1.29, 1.82) is 0 Å². The van der Waals surface area contributed by atoms with Gasteiger partial charge >= 0.3 is 0 Å². The van der Waals surface area contributed by atoms with Crippen molar-refractivity contribution in [3.05, 3.63) is 18.0 Å². The molecule has 1 atom stereocenters. The van der Waals surface area contributed by atoms with Crippen LogP contribution in [-0.4, -0.2) is 70.2 Å². The minimum absolute atomic E-state index is 0. The molecule has 25 heavy (non-hydrogen) atoms. The van der Waals surface area contributed by atoms with Crippen LogP contribution in [0.3, 0.4) is 0 Å². The Morgan fingerprint density at radius 2 is 1.92 bits per heavy atom. The molecule has 1 aromatic heterocycles. The topological polar surface area (TPSA) is 53.4 Å². The lowest BCUT2D eigenvalue weighted by molar-refractivity contribution is -0.135. The van der Waals surface area contributed by atoms with E-state index < -0.39 is 18.5 Å². The van der Waals surface area contributed by atoms with E-state index in [4.69, 9.17) is 0 Å². The zero-order valence-corrected chi connectivity index (χ0v) is 16.3. The molecule has 0 aromatic carbocycles. The highest BCUT2D eigenvalue weighted by Crippen LogP contribution is 2.26. The second-order valence-electron chi connectivity index (χ2n) is 6.12. The number of hydrogen-bond donors (Lipinski definition) is 1. The zero-order chi connectivity index (χ0) is 15.7. The van der Waals surface area contributed by atoms with Crippen LogP contribution in [-0.2, 0) is 18.4 Å². The summed E-state index contributed by atoms with van der Waals surface area (Å²) >= 11 is 0. The maximum atomic E-state index is 13.2. The molecule has 2 saturated heterocycles. The van der Waals surface area contributed by atoms with Crippen LogP contribution in [0.5, 0.6) is 0 Å². The summed E-state index contributed by atoms with van der Waals surface area (Å²) < 4.78 is 28.1. The Balaban J connectivity index is 0.00000192. The Morgan fingerprint density at radius 1 is 1.28 bits per heavy atom. The number of piperazine rings is 1. The standard InChI is InChI=1S/C14H21F2N5O.3ClH/c1-19-8-11(7-18-19)9-20-2-4-21(5-3-20)13(22)12-6-14(15,16)10-17-12;;;/h7-8,12,17H,2-6,9-10H2,1H3;3*1H. The maximum Gasteiger partial charge on any atom is 0.262 e. The number of nitrogens with zero attached hydrogens (tertiary/aromatic N) is 4. The lowest BCUT2D eigenvalue weighted by atomic mass is 10.1. The highest BCUT2D eigenvalue weighted by molar-refractivity contribution is 5.86. The molecule has 11 heteroatoms. The number of aryl methyl sites for hydroxylation is 1. The van der Waals surface area contributed by atoms with E-state index in [9.17, 15) is 13.6 Å². The van der Waals surface area contributed by atoms with E-state index >= 15 is 0 Å². The lowest BCUT2D eigenvalue weighted by Crippen LogP contribution is -2.52. The van der Waals surface area contributed by atoms with Gasteiger partial charge in [0.25, 0.3) is 5.92 Å². The molecule has 1 aromatic rings. The van der Waals surface area contributed by atoms with Crippen molar-refractivity contribution in [3.63, 3.8) is 0 Å². The third-order valence-corrected chi connectivity index (χ3v) is 4.26. The molecule has 0 aliphatic carbocycles. The fraction of sp³-hybridized carbons (Fsp3) is 0.714. The largest absolute Gasteiger partial charge is 0.339 e. The maximum absolute atomic E-state index is 13.2. The van der Waals surface area contributed by atoms with E-state index in [1.54, 1.807) is 9.58 Å². The van der Waals surface area contributed by atoms with Crippen LogP contribution in [0.25, 0.3) is 0 Å². The van der Waals surface area contributed by atoms with Crippen molar-refractivity contribution in [2.24, 2.45) is 7.05 Å². The zero-order valence-electron chi connectivity index (χ0n) is 13.9. The van der Waals surface area contributed by atoms with Crippen molar-refractivity contribution < 1.29 is 13.6 Å². The van der Waals surface area contributed by atoms with Crippen LogP contribution in [0.4, 0.5) is 8.78 Å². The molecular formula is C14H24Cl3F2N5O. The Hall–Kier alpha value is -0.670.